The lowest BCUT2D eigenvalue weighted by atomic mass is 10.1. The van der Waals surface area contributed by atoms with Gasteiger partial charge in [0.25, 0.3) is 0 Å². The van der Waals surface area contributed by atoms with E-state index in [4.69, 9.17) is 5.11 Å². The van der Waals surface area contributed by atoms with E-state index in [0.29, 0.717) is 17.2 Å². The van der Waals surface area contributed by atoms with Crippen molar-refractivity contribution < 1.29 is 9.90 Å². The van der Waals surface area contributed by atoms with Crippen LogP contribution in [0.2, 0.25) is 0 Å². The van der Waals surface area contributed by atoms with Gasteiger partial charge in [-0.05, 0) is 30.4 Å². The van der Waals surface area contributed by atoms with E-state index in [1.165, 1.54) is 17.1 Å². The predicted molar refractivity (Wildman–Crippen MR) is 72.4 cm³/mol. The van der Waals surface area contributed by atoms with E-state index in [2.05, 4.69) is 21.8 Å². The van der Waals surface area contributed by atoms with E-state index in [1.54, 1.807) is 6.92 Å². The summed E-state index contributed by atoms with van der Waals surface area (Å²) >= 11 is 1.20. The summed E-state index contributed by atoms with van der Waals surface area (Å²) < 4.78 is 4.06. The Morgan fingerprint density at radius 1 is 1.39 bits per heavy atom. The van der Waals surface area contributed by atoms with Crippen LogP contribution in [0.3, 0.4) is 0 Å². The molecule has 0 unspecified atom stereocenters. The third-order valence-electron chi connectivity index (χ3n) is 2.62. The number of rotatable bonds is 5. The number of carboxylic acid groups (broad SMARTS) is 1. The predicted octanol–water partition coefficient (Wildman–Crippen LogP) is 2.80. The molecule has 0 spiro atoms. The molecule has 2 aromatic rings. The molecule has 5 heteroatoms. The summed E-state index contributed by atoms with van der Waals surface area (Å²) in [6, 6.07) is 10.1. The van der Waals surface area contributed by atoms with Crippen LogP contribution < -0.4 is 5.32 Å². The highest BCUT2D eigenvalue weighted by molar-refractivity contribution is 7.10. The number of hydrogen-bond acceptors (Lipinski definition) is 4. The summed E-state index contributed by atoms with van der Waals surface area (Å²) in [4.78, 5) is 11.1. The normalized spacial score (nSPS) is 10.3. The Balaban J connectivity index is 1.97. The monoisotopic (exact) mass is 262 g/mol. The number of nitrogens with one attached hydrogen (secondary N) is 1. The summed E-state index contributed by atoms with van der Waals surface area (Å²) in [5.41, 5.74) is 2.07. The first-order chi connectivity index (χ1) is 8.68. The average Bonchev–Trinajstić information content (AvgIpc) is 2.72. The number of aromatic nitrogens is 1. The quantitative estimate of drug-likeness (QED) is 0.869. The van der Waals surface area contributed by atoms with Gasteiger partial charge in [-0.25, -0.2) is 4.79 Å². The first-order valence-electron chi connectivity index (χ1n) is 5.66. The first kappa shape index (κ1) is 12.6. The molecule has 0 fully saturated rings. The van der Waals surface area contributed by atoms with Gasteiger partial charge in [-0.1, -0.05) is 30.3 Å². The Kier molecular flexibility index (Phi) is 3.94. The van der Waals surface area contributed by atoms with Gasteiger partial charge in [0.05, 0.1) is 5.69 Å². The van der Waals surface area contributed by atoms with Gasteiger partial charge >= 0.3 is 5.97 Å². The molecule has 0 radical (unpaired) electrons. The number of benzene rings is 1. The molecule has 0 saturated heterocycles. The summed E-state index contributed by atoms with van der Waals surface area (Å²) in [7, 11) is 0. The maximum absolute atomic E-state index is 11.1. The molecule has 1 aromatic carbocycles. The number of carbonyl (C=O) groups is 1. The van der Waals surface area contributed by atoms with Gasteiger partial charge in [0, 0.05) is 6.54 Å². The van der Waals surface area contributed by atoms with Crippen molar-refractivity contribution in [1.29, 1.82) is 0 Å². The van der Waals surface area contributed by atoms with E-state index in [-0.39, 0.29) is 5.56 Å². The van der Waals surface area contributed by atoms with Crippen molar-refractivity contribution >= 4 is 22.5 Å². The molecular weight excluding hydrogens is 248 g/mol. The number of hydrogen-bond donors (Lipinski definition) is 2. The van der Waals surface area contributed by atoms with Crippen LogP contribution in [0, 0.1) is 6.92 Å². The van der Waals surface area contributed by atoms with Crippen molar-refractivity contribution in [2.45, 2.75) is 13.3 Å². The topological polar surface area (TPSA) is 62.2 Å². The van der Waals surface area contributed by atoms with E-state index in [1.807, 2.05) is 18.2 Å². The van der Waals surface area contributed by atoms with Crippen LogP contribution in [0.25, 0.3) is 0 Å². The highest BCUT2D eigenvalue weighted by atomic mass is 32.1. The molecule has 0 aliphatic heterocycles. The third-order valence-corrected chi connectivity index (χ3v) is 3.51. The molecule has 0 aliphatic carbocycles. The minimum atomic E-state index is -0.927. The molecule has 2 rings (SSSR count). The zero-order chi connectivity index (χ0) is 13.0. The van der Waals surface area contributed by atoms with Crippen LogP contribution in [0.4, 0.5) is 5.00 Å². The largest absolute Gasteiger partial charge is 0.478 e. The van der Waals surface area contributed by atoms with E-state index < -0.39 is 5.97 Å². The SMILES string of the molecule is Cc1nsc(NCCc2ccccc2)c1C(=O)O. The lowest BCUT2D eigenvalue weighted by molar-refractivity contribution is 0.0697. The molecule has 0 bridgehead atoms. The van der Waals surface area contributed by atoms with Gasteiger partial charge < -0.3 is 10.4 Å². The molecule has 1 heterocycles. The van der Waals surface area contributed by atoms with Crippen LogP contribution in [0.1, 0.15) is 21.6 Å². The van der Waals surface area contributed by atoms with Crippen molar-refractivity contribution in [3.8, 4) is 0 Å². The molecule has 0 atom stereocenters. The van der Waals surface area contributed by atoms with Crippen LogP contribution in [0.5, 0.6) is 0 Å². The fraction of sp³-hybridized carbons (Fsp3) is 0.231. The fourth-order valence-electron chi connectivity index (χ4n) is 1.71. The third kappa shape index (κ3) is 2.87. The minimum Gasteiger partial charge on any atom is -0.478 e. The summed E-state index contributed by atoms with van der Waals surface area (Å²) in [6.45, 7) is 2.41. The second kappa shape index (κ2) is 5.64. The highest BCUT2D eigenvalue weighted by Gasteiger charge is 2.16. The molecule has 94 valence electrons. The second-order valence-electron chi connectivity index (χ2n) is 3.94. The van der Waals surface area contributed by atoms with Crippen molar-refractivity contribution in [3.05, 3.63) is 47.2 Å². The smallest absolute Gasteiger partial charge is 0.340 e. The lowest BCUT2D eigenvalue weighted by Gasteiger charge is -2.04. The molecule has 1 aromatic heterocycles. The molecular formula is C13H14N2O2S. The van der Waals surface area contributed by atoms with Gasteiger partial charge in [0.15, 0.2) is 0 Å². The fourth-order valence-corrected chi connectivity index (χ4v) is 2.52. The Hall–Kier alpha value is -1.88. The van der Waals surface area contributed by atoms with Crippen molar-refractivity contribution in [2.24, 2.45) is 0 Å². The van der Waals surface area contributed by atoms with Crippen molar-refractivity contribution in [2.75, 3.05) is 11.9 Å². The summed E-state index contributed by atoms with van der Waals surface area (Å²) in [5, 5.41) is 12.9. The number of aryl methyl sites for hydroxylation is 1. The Bertz CT molecular complexity index is 537. The molecule has 4 nitrogen and oxygen atoms in total. The highest BCUT2D eigenvalue weighted by Crippen LogP contribution is 2.24. The zero-order valence-electron chi connectivity index (χ0n) is 10.0. The van der Waals surface area contributed by atoms with Gasteiger partial charge in [-0.2, -0.15) is 4.37 Å². The molecule has 2 N–H and O–H groups in total. The van der Waals surface area contributed by atoms with Crippen LogP contribution in [-0.2, 0) is 6.42 Å². The number of anilines is 1. The van der Waals surface area contributed by atoms with Crippen LogP contribution in [-0.4, -0.2) is 22.0 Å². The first-order valence-corrected chi connectivity index (χ1v) is 6.43. The average molecular weight is 262 g/mol. The Morgan fingerprint density at radius 3 is 2.78 bits per heavy atom. The zero-order valence-corrected chi connectivity index (χ0v) is 10.8. The summed E-state index contributed by atoms with van der Waals surface area (Å²) in [6.07, 6.45) is 0.858. The van der Waals surface area contributed by atoms with Gasteiger partial charge in [-0.3, -0.25) is 0 Å². The van der Waals surface area contributed by atoms with Gasteiger partial charge in [0.2, 0.25) is 0 Å². The number of carboxylic acids is 1. The lowest BCUT2D eigenvalue weighted by Crippen LogP contribution is -2.08. The van der Waals surface area contributed by atoms with E-state index in [9.17, 15) is 4.79 Å². The molecule has 18 heavy (non-hydrogen) atoms. The molecule has 0 aliphatic rings. The number of aromatic carboxylic acids is 1. The second-order valence-corrected chi connectivity index (χ2v) is 4.71. The van der Waals surface area contributed by atoms with Crippen LogP contribution in [0.15, 0.2) is 30.3 Å². The van der Waals surface area contributed by atoms with Crippen molar-refractivity contribution in [3.63, 3.8) is 0 Å². The maximum atomic E-state index is 11.1. The number of nitrogens with zero attached hydrogens (tertiary/aromatic N) is 1. The molecule has 0 saturated carbocycles. The van der Waals surface area contributed by atoms with E-state index >= 15 is 0 Å². The molecule has 0 amide bonds. The minimum absolute atomic E-state index is 0.285. The summed E-state index contributed by atoms with van der Waals surface area (Å²) in [5.74, 6) is -0.927. The van der Waals surface area contributed by atoms with Crippen molar-refractivity contribution in [1.82, 2.24) is 4.37 Å². The van der Waals surface area contributed by atoms with Crippen LogP contribution >= 0.6 is 11.5 Å². The standard InChI is InChI=1S/C13H14N2O2S/c1-9-11(13(16)17)12(18-15-9)14-8-7-10-5-3-2-4-6-10/h2-6,14H,7-8H2,1H3,(H,16,17). The Morgan fingerprint density at radius 2 is 2.11 bits per heavy atom. The van der Waals surface area contributed by atoms with Gasteiger partial charge in [-0.15, -0.1) is 0 Å². The van der Waals surface area contributed by atoms with Gasteiger partial charge in [0.1, 0.15) is 10.6 Å². The Labute approximate surface area is 109 Å². The van der Waals surface area contributed by atoms with E-state index in [0.717, 1.165) is 6.42 Å². The maximum Gasteiger partial charge on any atom is 0.340 e.